The zero-order valence-corrected chi connectivity index (χ0v) is 16.4. The van der Waals surface area contributed by atoms with Gasteiger partial charge in [-0.05, 0) is 29.8 Å². The summed E-state index contributed by atoms with van der Waals surface area (Å²) in [6.07, 6.45) is 0.299. The fraction of sp³-hybridized carbons (Fsp3) is 0.105. The third-order valence-corrected chi connectivity index (χ3v) is 4.82. The number of hydrogen-bond acceptors (Lipinski definition) is 4. The molecule has 0 aliphatic carbocycles. The van der Waals surface area contributed by atoms with E-state index in [1.54, 1.807) is 0 Å². The van der Waals surface area contributed by atoms with Crippen molar-refractivity contribution in [2.24, 2.45) is 0 Å². The molecule has 0 radical (unpaired) electrons. The van der Waals surface area contributed by atoms with Crippen molar-refractivity contribution in [1.29, 1.82) is 0 Å². The average molecular weight is 430 g/mol. The largest absolute Gasteiger partial charge is 0.326 e. The predicted octanol–water partition coefficient (Wildman–Crippen LogP) is 4.71. The van der Waals surface area contributed by atoms with Crippen LogP contribution in [0.2, 0.25) is 0 Å². The number of carbonyl (C=O) groups is 2. The first kappa shape index (κ1) is 18.3. The molecule has 0 aliphatic heterocycles. The van der Waals surface area contributed by atoms with Gasteiger partial charge in [-0.2, -0.15) is 0 Å². The fourth-order valence-electron chi connectivity index (χ4n) is 2.34. The van der Waals surface area contributed by atoms with Gasteiger partial charge in [-0.15, -0.1) is 11.3 Å². The van der Waals surface area contributed by atoms with Crippen molar-refractivity contribution in [3.63, 3.8) is 0 Å². The molecule has 3 rings (SSSR count). The maximum atomic E-state index is 12.2. The Morgan fingerprint density at radius 2 is 1.73 bits per heavy atom. The molecule has 1 heterocycles. The van der Waals surface area contributed by atoms with Gasteiger partial charge in [0.2, 0.25) is 11.8 Å². The molecule has 2 amide bonds. The van der Waals surface area contributed by atoms with Crippen LogP contribution in [0.25, 0.3) is 11.3 Å². The molecule has 26 heavy (non-hydrogen) atoms. The summed E-state index contributed by atoms with van der Waals surface area (Å²) in [7, 11) is 0. The maximum Gasteiger partial charge on any atom is 0.230 e. The van der Waals surface area contributed by atoms with E-state index >= 15 is 0 Å². The Balaban J connectivity index is 1.63. The fourth-order valence-corrected chi connectivity index (χ4v) is 3.34. The van der Waals surface area contributed by atoms with Crippen LogP contribution in [0.3, 0.4) is 0 Å². The van der Waals surface area contributed by atoms with Gasteiger partial charge in [0.25, 0.3) is 0 Å². The van der Waals surface area contributed by atoms with Gasteiger partial charge in [0.05, 0.1) is 12.1 Å². The maximum absolute atomic E-state index is 12.2. The lowest BCUT2D eigenvalue weighted by Gasteiger charge is -2.03. The molecule has 0 fully saturated rings. The van der Waals surface area contributed by atoms with Gasteiger partial charge in [-0.25, -0.2) is 4.98 Å². The molecule has 3 aromatic rings. The molecule has 0 saturated carbocycles. The second-order valence-corrected chi connectivity index (χ2v) is 7.42. The standard InChI is InChI=1S/C19H16BrN3O2S/c1-12(24)21-16-8-4-14(5-9-16)17-11-26-19(22-17)23-18(25)10-13-2-6-15(20)7-3-13/h2-9,11H,10H2,1H3,(H,21,24)(H,22,23,25). The molecule has 0 unspecified atom stereocenters. The number of amides is 2. The second-order valence-electron chi connectivity index (χ2n) is 5.65. The van der Waals surface area contributed by atoms with E-state index in [1.807, 2.05) is 53.9 Å². The highest BCUT2D eigenvalue weighted by Crippen LogP contribution is 2.26. The molecule has 5 nitrogen and oxygen atoms in total. The number of aromatic nitrogens is 1. The molecule has 0 atom stereocenters. The van der Waals surface area contributed by atoms with Gasteiger partial charge >= 0.3 is 0 Å². The molecule has 2 N–H and O–H groups in total. The normalized spacial score (nSPS) is 10.4. The van der Waals surface area contributed by atoms with Crippen LogP contribution in [0.4, 0.5) is 10.8 Å². The first-order chi connectivity index (χ1) is 12.5. The summed E-state index contributed by atoms with van der Waals surface area (Å²) in [6.45, 7) is 1.47. The lowest BCUT2D eigenvalue weighted by atomic mass is 10.1. The third-order valence-electron chi connectivity index (χ3n) is 3.53. The van der Waals surface area contributed by atoms with Crippen LogP contribution in [0.5, 0.6) is 0 Å². The Bertz CT molecular complexity index is 921. The molecule has 0 aliphatic rings. The van der Waals surface area contributed by atoms with Crippen LogP contribution < -0.4 is 10.6 Å². The highest BCUT2D eigenvalue weighted by atomic mass is 79.9. The minimum atomic E-state index is -0.109. The van der Waals surface area contributed by atoms with Crippen molar-refractivity contribution in [2.75, 3.05) is 10.6 Å². The number of nitrogens with one attached hydrogen (secondary N) is 2. The van der Waals surface area contributed by atoms with Gasteiger partial charge in [0.15, 0.2) is 5.13 Å². The summed E-state index contributed by atoms with van der Waals surface area (Å²) in [5.41, 5.74) is 3.38. The van der Waals surface area contributed by atoms with Crippen LogP contribution in [0, 0.1) is 0 Å². The number of thiazole rings is 1. The molecule has 1 aromatic heterocycles. The Morgan fingerprint density at radius 3 is 2.38 bits per heavy atom. The van der Waals surface area contributed by atoms with Gasteiger partial charge < -0.3 is 10.6 Å². The Kier molecular flexibility index (Phi) is 5.80. The molecular weight excluding hydrogens is 414 g/mol. The van der Waals surface area contributed by atoms with E-state index in [0.29, 0.717) is 11.6 Å². The van der Waals surface area contributed by atoms with Crippen molar-refractivity contribution >= 4 is 49.9 Å². The molecular formula is C19H16BrN3O2S. The van der Waals surface area contributed by atoms with E-state index in [9.17, 15) is 9.59 Å². The van der Waals surface area contributed by atoms with Crippen molar-refractivity contribution in [2.45, 2.75) is 13.3 Å². The van der Waals surface area contributed by atoms with Crippen molar-refractivity contribution < 1.29 is 9.59 Å². The lowest BCUT2D eigenvalue weighted by molar-refractivity contribution is -0.116. The highest BCUT2D eigenvalue weighted by Gasteiger charge is 2.09. The smallest absolute Gasteiger partial charge is 0.230 e. The Hall–Kier alpha value is -2.51. The number of nitrogens with zero attached hydrogens (tertiary/aromatic N) is 1. The number of anilines is 2. The molecule has 2 aromatic carbocycles. The van der Waals surface area contributed by atoms with Gasteiger partial charge in [-0.1, -0.05) is 40.2 Å². The van der Waals surface area contributed by atoms with Crippen LogP contribution in [-0.2, 0) is 16.0 Å². The predicted molar refractivity (Wildman–Crippen MR) is 108 cm³/mol. The minimum absolute atomic E-state index is 0.103. The zero-order chi connectivity index (χ0) is 18.5. The number of halogens is 1. The third kappa shape index (κ3) is 5.00. The zero-order valence-electron chi connectivity index (χ0n) is 14.0. The Labute approximate surface area is 163 Å². The van der Waals surface area contributed by atoms with Gasteiger partial charge in [0.1, 0.15) is 0 Å². The van der Waals surface area contributed by atoms with E-state index in [0.717, 1.165) is 27.0 Å². The van der Waals surface area contributed by atoms with Gasteiger partial charge in [0, 0.05) is 28.0 Å². The minimum Gasteiger partial charge on any atom is -0.326 e. The summed E-state index contributed by atoms with van der Waals surface area (Å²) in [5.74, 6) is -0.212. The summed E-state index contributed by atoms with van der Waals surface area (Å²) in [6, 6.07) is 15.1. The number of benzene rings is 2. The van der Waals surface area contributed by atoms with Crippen LogP contribution in [0.15, 0.2) is 58.4 Å². The van der Waals surface area contributed by atoms with Crippen LogP contribution in [0.1, 0.15) is 12.5 Å². The van der Waals surface area contributed by atoms with Crippen molar-refractivity contribution in [1.82, 2.24) is 4.98 Å². The van der Waals surface area contributed by atoms with Crippen molar-refractivity contribution in [3.05, 3.63) is 63.9 Å². The molecule has 0 spiro atoms. The number of carbonyl (C=O) groups excluding carboxylic acids is 2. The van der Waals surface area contributed by atoms with E-state index in [-0.39, 0.29) is 11.8 Å². The topological polar surface area (TPSA) is 71.1 Å². The first-order valence-electron chi connectivity index (χ1n) is 7.87. The monoisotopic (exact) mass is 429 g/mol. The summed E-state index contributed by atoms with van der Waals surface area (Å²) in [5, 5.41) is 8.01. The highest BCUT2D eigenvalue weighted by molar-refractivity contribution is 9.10. The summed E-state index contributed by atoms with van der Waals surface area (Å²) < 4.78 is 0.982. The number of hydrogen-bond donors (Lipinski definition) is 2. The van der Waals surface area contributed by atoms with E-state index in [4.69, 9.17) is 0 Å². The summed E-state index contributed by atoms with van der Waals surface area (Å²) >= 11 is 4.76. The Morgan fingerprint density at radius 1 is 1.04 bits per heavy atom. The second kappa shape index (κ2) is 8.25. The molecule has 0 bridgehead atoms. The van der Waals surface area contributed by atoms with Gasteiger partial charge in [-0.3, -0.25) is 9.59 Å². The van der Waals surface area contributed by atoms with E-state index < -0.39 is 0 Å². The lowest BCUT2D eigenvalue weighted by Crippen LogP contribution is -2.14. The quantitative estimate of drug-likeness (QED) is 0.616. The SMILES string of the molecule is CC(=O)Nc1ccc(-c2csc(NC(=O)Cc3ccc(Br)cc3)n2)cc1. The number of rotatable bonds is 5. The summed E-state index contributed by atoms with van der Waals surface area (Å²) in [4.78, 5) is 27.7. The van der Waals surface area contributed by atoms with Crippen molar-refractivity contribution in [3.8, 4) is 11.3 Å². The van der Waals surface area contributed by atoms with E-state index in [1.165, 1.54) is 18.3 Å². The van der Waals surface area contributed by atoms with Crippen LogP contribution in [-0.4, -0.2) is 16.8 Å². The molecule has 132 valence electrons. The molecule has 7 heteroatoms. The molecule has 0 saturated heterocycles. The van der Waals surface area contributed by atoms with E-state index in [2.05, 4.69) is 31.5 Å². The first-order valence-corrected chi connectivity index (χ1v) is 9.55. The average Bonchev–Trinajstić information content (AvgIpc) is 3.05. The van der Waals surface area contributed by atoms with Crippen LogP contribution >= 0.6 is 27.3 Å².